The Morgan fingerprint density at radius 3 is 2.58 bits per heavy atom. The third kappa shape index (κ3) is 4.04. The van der Waals surface area contributed by atoms with Gasteiger partial charge in [0.25, 0.3) is 0 Å². The molecule has 1 aromatic carbocycles. The number of alkyl halides is 3. The summed E-state index contributed by atoms with van der Waals surface area (Å²) in [6.07, 6.45) is -4.51. The summed E-state index contributed by atoms with van der Waals surface area (Å²) in [7, 11) is 1.62. The molecule has 0 radical (unpaired) electrons. The van der Waals surface area contributed by atoms with Gasteiger partial charge in [0.2, 0.25) is 5.91 Å². The van der Waals surface area contributed by atoms with Gasteiger partial charge in [-0.2, -0.15) is 13.2 Å². The number of likely N-dealkylation sites (N-methyl/N-ethyl adjacent to an activating group) is 1. The van der Waals surface area contributed by atoms with Crippen LogP contribution in [-0.4, -0.2) is 30.9 Å². The van der Waals surface area contributed by atoms with Crippen molar-refractivity contribution in [3.63, 3.8) is 0 Å². The van der Waals surface area contributed by atoms with Crippen LogP contribution < -0.4 is 11.1 Å². The molecule has 0 saturated heterocycles. The summed E-state index contributed by atoms with van der Waals surface area (Å²) in [4.78, 5) is 13.0. The predicted molar refractivity (Wildman–Crippen MR) is 67.7 cm³/mol. The van der Waals surface area contributed by atoms with Crippen LogP contribution in [0.25, 0.3) is 0 Å². The Morgan fingerprint density at radius 1 is 1.42 bits per heavy atom. The van der Waals surface area contributed by atoms with Gasteiger partial charge in [0.15, 0.2) is 0 Å². The summed E-state index contributed by atoms with van der Waals surface area (Å²) in [5.74, 6) is -0.201. The zero-order valence-corrected chi connectivity index (χ0v) is 10.7. The number of benzene rings is 1. The molecule has 1 rings (SSSR count). The van der Waals surface area contributed by atoms with E-state index < -0.39 is 11.7 Å². The van der Waals surface area contributed by atoms with Crippen LogP contribution in [0.5, 0.6) is 0 Å². The second-order valence-corrected chi connectivity index (χ2v) is 4.06. The van der Waals surface area contributed by atoms with Gasteiger partial charge < -0.3 is 16.0 Å². The number of hydrogen-bond acceptors (Lipinski definition) is 3. The van der Waals surface area contributed by atoms with E-state index in [4.69, 9.17) is 5.73 Å². The number of rotatable bonds is 4. The highest BCUT2D eigenvalue weighted by atomic mass is 19.4. The van der Waals surface area contributed by atoms with Gasteiger partial charge in [0, 0.05) is 25.0 Å². The van der Waals surface area contributed by atoms with E-state index in [-0.39, 0.29) is 23.8 Å². The van der Waals surface area contributed by atoms with Crippen molar-refractivity contribution in [1.29, 1.82) is 0 Å². The van der Waals surface area contributed by atoms with Gasteiger partial charge in [-0.3, -0.25) is 4.79 Å². The fourth-order valence-electron chi connectivity index (χ4n) is 1.40. The number of halogens is 3. The predicted octanol–water partition coefficient (Wildman–Crippen LogP) is 2.18. The van der Waals surface area contributed by atoms with E-state index in [1.165, 1.54) is 17.0 Å². The molecule has 4 nitrogen and oxygen atoms in total. The average Bonchev–Trinajstić information content (AvgIpc) is 2.35. The zero-order chi connectivity index (χ0) is 14.6. The molecule has 106 valence electrons. The summed E-state index contributed by atoms with van der Waals surface area (Å²) < 4.78 is 37.9. The molecule has 0 saturated carbocycles. The van der Waals surface area contributed by atoms with Crippen molar-refractivity contribution >= 4 is 17.3 Å². The minimum atomic E-state index is -4.51. The Kier molecular flexibility index (Phi) is 4.63. The second-order valence-electron chi connectivity index (χ2n) is 4.06. The average molecular weight is 275 g/mol. The smallest absolute Gasteiger partial charge is 0.398 e. The van der Waals surface area contributed by atoms with E-state index in [1.807, 2.05) is 6.92 Å². The Morgan fingerprint density at radius 2 is 2.05 bits per heavy atom. The van der Waals surface area contributed by atoms with Crippen LogP contribution in [-0.2, 0) is 11.0 Å². The normalized spacial score (nSPS) is 11.2. The van der Waals surface area contributed by atoms with Gasteiger partial charge in [-0.05, 0) is 25.1 Å². The standard InChI is InChI=1S/C12H16F3N3O/c1-3-18(2)11(19)7-17-8-4-5-10(16)9(6-8)12(13,14)15/h4-6,17H,3,7,16H2,1-2H3. The molecule has 3 N–H and O–H groups in total. The molecule has 0 unspecified atom stereocenters. The van der Waals surface area contributed by atoms with Crippen molar-refractivity contribution in [3.05, 3.63) is 23.8 Å². The van der Waals surface area contributed by atoms with Crippen LogP contribution in [0, 0.1) is 0 Å². The Bertz CT molecular complexity index is 460. The second kappa shape index (κ2) is 5.81. The minimum absolute atomic E-state index is 0.0639. The van der Waals surface area contributed by atoms with Crippen LogP contribution >= 0.6 is 0 Å². The summed E-state index contributed by atoms with van der Waals surface area (Å²) in [6.45, 7) is 2.28. The molecule has 0 fully saturated rings. The van der Waals surface area contributed by atoms with Crippen LogP contribution in [0.4, 0.5) is 24.5 Å². The molecule has 0 aliphatic carbocycles. The number of amides is 1. The molecule has 0 aliphatic heterocycles. The molecule has 0 spiro atoms. The summed E-state index contributed by atoms with van der Waals surface area (Å²) >= 11 is 0. The van der Waals surface area contributed by atoms with Gasteiger partial charge in [-0.1, -0.05) is 0 Å². The number of nitrogens with one attached hydrogen (secondary N) is 1. The van der Waals surface area contributed by atoms with E-state index in [0.29, 0.717) is 6.54 Å². The van der Waals surface area contributed by atoms with Gasteiger partial charge in [0.1, 0.15) is 0 Å². The quantitative estimate of drug-likeness (QED) is 0.828. The van der Waals surface area contributed by atoms with Crippen molar-refractivity contribution in [2.75, 3.05) is 31.2 Å². The van der Waals surface area contributed by atoms with Gasteiger partial charge in [0.05, 0.1) is 12.1 Å². The molecule has 7 heteroatoms. The first-order valence-corrected chi connectivity index (χ1v) is 5.70. The van der Waals surface area contributed by atoms with Crippen molar-refractivity contribution in [2.24, 2.45) is 0 Å². The summed E-state index contributed by atoms with van der Waals surface area (Å²) in [6, 6.07) is 3.47. The van der Waals surface area contributed by atoms with Crippen molar-refractivity contribution in [1.82, 2.24) is 4.90 Å². The van der Waals surface area contributed by atoms with Gasteiger partial charge in [-0.15, -0.1) is 0 Å². The van der Waals surface area contributed by atoms with E-state index >= 15 is 0 Å². The summed E-state index contributed by atoms with van der Waals surface area (Å²) in [5, 5.41) is 2.65. The molecule has 0 aliphatic rings. The van der Waals surface area contributed by atoms with E-state index in [9.17, 15) is 18.0 Å². The largest absolute Gasteiger partial charge is 0.418 e. The highest BCUT2D eigenvalue weighted by Crippen LogP contribution is 2.35. The van der Waals surface area contributed by atoms with Crippen molar-refractivity contribution < 1.29 is 18.0 Å². The highest BCUT2D eigenvalue weighted by Gasteiger charge is 2.33. The van der Waals surface area contributed by atoms with Crippen LogP contribution in [0.15, 0.2) is 18.2 Å². The maximum absolute atomic E-state index is 12.6. The van der Waals surface area contributed by atoms with Crippen molar-refractivity contribution in [3.8, 4) is 0 Å². The summed E-state index contributed by atoms with van der Waals surface area (Å²) in [5.41, 5.74) is 4.24. The van der Waals surface area contributed by atoms with Crippen molar-refractivity contribution in [2.45, 2.75) is 13.1 Å². The third-order valence-electron chi connectivity index (χ3n) is 2.70. The van der Waals surface area contributed by atoms with Crippen LogP contribution in [0.1, 0.15) is 12.5 Å². The lowest BCUT2D eigenvalue weighted by atomic mass is 10.1. The number of hydrogen-bond donors (Lipinski definition) is 2. The molecule has 1 aromatic rings. The topological polar surface area (TPSA) is 58.4 Å². The monoisotopic (exact) mass is 275 g/mol. The fourth-order valence-corrected chi connectivity index (χ4v) is 1.40. The molecule has 19 heavy (non-hydrogen) atoms. The first-order valence-electron chi connectivity index (χ1n) is 5.70. The van der Waals surface area contributed by atoms with E-state index in [2.05, 4.69) is 5.32 Å². The Hall–Kier alpha value is -1.92. The van der Waals surface area contributed by atoms with Gasteiger partial charge >= 0.3 is 6.18 Å². The number of carbonyl (C=O) groups is 1. The molecule has 0 heterocycles. The lowest BCUT2D eigenvalue weighted by molar-refractivity contribution is -0.136. The molecular weight excluding hydrogens is 259 g/mol. The first-order chi connectivity index (χ1) is 8.75. The van der Waals surface area contributed by atoms with E-state index in [0.717, 1.165) is 6.07 Å². The lowest BCUT2D eigenvalue weighted by Gasteiger charge is -2.16. The molecular formula is C12H16F3N3O. The molecule has 1 amide bonds. The van der Waals surface area contributed by atoms with Crippen LogP contribution in [0.3, 0.4) is 0 Å². The molecule has 0 aromatic heterocycles. The Balaban J connectivity index is 2.79. The number of nitrogen functional groups attached to an aromatic ring is 1. The number of nitrogens with zero attached hydrogens (tertiary/aromatic N) is 1. The van der Waals surface area contributed by atoms with Gasteiger partial charge in [-0.25, -0.2) is 0 Å². The number of nitrogens with two attached hydrogens (primary N) is 1. The number of anilines is 2. The van der Waals surface area contributed by atoms with E-state index in [1.54, 1.807) is 7.05 Å². The fraction of sp³-hybridized carbons (Fsp3) is 0.417. The lowest BCUT2D eigenvalue weighted by Crippen LogP contribution is -2.31. The Labute approximate surface area is 109 Å². The molecule has 0 atom stereocenters. The maximum atomic E-state index is 12.6. The SMILES string of the molecule is CCN(C)C(=O)CNc1ccc(N)c(C(F)(F)F)c1. The maximum Gasteiger partial charge on any atom is 0.418 e. The first kappa shape index (κ1) is 15.1. The number of carbonyl (C=O) groups excluding carboxylic acids is 1. The van der Waals surface area contributed by atoms with Crippen LogP contribution in [0.2, 0.25) is 0 Å². The molecule has 0 bridgehead atoms. The highest BCUT2D eigenvalue weighted by molar-refractivity contribution is 5.80. The zero-order valence-electron chi connectivity index (χ0n) is 10.7. The third-order valence-corrected chi connectivity index (χ3v) is 2.70. The minimum Gasteiger partial charge on any atom is -0.398 e.